The number of hydrogen-bond donors (Lipinski definition) is 1. The zero-order valence-corrected chi connectivity index (χ0v) is 10.3. The highest BCUT2D eigenvalue weighted by Gasteiger charge is 2.02. The van der Waals surface area contributed by atoms with Crippen LogP contribution in [0.1, 0.15) is 50.4 Å². The molecule has 0 atom stereocenters. The van der Waals surface area contributed by atoms with Crippen molar-refractivity contribution in [3.05, 3.63) is 36.2 Å². The molecule has 1 nitrogen and oxygen atoms in total. The van der Waals surface area contributed by atoms with Crippen molar-refractivity contribution in [2.45, 2.75) is 40.0 Å². The zero-order valence-electron chi connectivity index (χ0n) is 10.3. The van der Waals surface area contributed by atoms with E-state index in [0.29, 0.717) is 0 Å². The van der Waals surface area contributed by atoms with Crippen LogP contribution in [-0.4, -0.2) is 4.98 Å². The second kappa shape index (κ2) is 8.10. The lowest BCUT2D eigenvalue weighted by atomic mass is 10.1. The van der Waals surface area contributed by atoms with E-state index in [-0.39, 0.29) is 0 Å². The molecule has 0 fully saturated rings. The Labute approximate surface area is 93.9 Å². The van der Waals surface area contributed by atoms with Gasteiger partial charge in [0.1, 0.15) is 0 Å². The lowest BCUT2D eigenvalue weighted by Gasteiger charge is -1.94. The summed E-state index contributed by atoms with van der Waals surface area (Å²) in [6, 6.07) is 0. The van der Waals surface area contributed by atoms with E-state index in [1.807, 2.05) is 18.3 Å². The fourth-order valence-electron chi connectivity index (χ4n) is 1.20. The zero-order chi connectivity index (χ0) is 11.7. The van der Waals surface area contributed by atoms with Crippen LogP contribution in [0.2, 0.25) is 0 Å². The molecule has 1 aromatic rings. The molecule has 0 aromatic carbocycles. The average Bonchev–Trinajstić information content (AvgIpc) is 2.71. The van der Waals surface area contributed by atoms with Gasteiger partial charge < -0.3 is 4.98 Å². The third-order valence-corrected chi connectivity index (χ3v) is 2.33. The molecule has 1 heterocycles. The Hall–Kier alpha value is -1.24. The molecule has 0 amide bonds. The van der Waals surface area contributed by atoms with Crippen molar-refractivity contribution in [1.82, 2.24) is 4.98 Å². The third kappa shape index (κ3) is 4.20. The van der Waals surface area contributed by atoms with E-state index in [1.165, 1.54) is 24.0 Å². The van der Waals surface area contributed by atoms with Crippen LogP contribution in [-0.2, 0) is 6.42 Å². The van der Waals surface area contributed by atoms with Crippen molar-refractivity contribution in [3.8, 4) is 0 Å². The van der Waals surface area contributed by atoms with Crippen molar-refractivity contribution >= 4 is 12.2 Å². The normalized spacial score (nSPS) is 9.00. The van der Waals surface area contributed by atoms with Gasteiger partial charge in [0, 0.05) is 17.5 Å². The fourth-order valence-corrected chi connectivity index (χ4v) is 1.20. The number of aromatic amines is 1. The predicted molar refractivity (Wildman–Crippen MR) is 70.9 cm³/mol. The summed E-state index contributed by atoms with van der Waals surface area (Å²) in [5.41, 5.74) is 3.55. The number of aromatic nitrogens is 1. The average molecular weight is 205 g/mol. The van der Waals surface area contributed by atoms with Crippen LogP contribution < -0.4 is 0 Å². The van der Waals surface area contributed by atoms with Crippen LogP contribution >= 0.6 is 0 Å². The maximum atomic E-state index is 3.75. The first-order valence-corrected chi connectivity index (χ1v) is 5.70. The van der Waals surface area contributed by atoms with E-state index in [2.05, 4.69) is 38.9 Å². The van der Waals surface area contributed by atoms with E-state index >= 15 is 0 Å². The maximum absolute atomic E-state index is 3.75. The second-order valence-corrected chi connectivity index (χ2v) is 3.40. The van der Waals surface area contributed by atoms with Gasteiger partial charge in [-0.2, -0.15) is 0 Å². The van der Waals surface area contributed by atoms with Gasteiger partial charge in [0.25, 0.3) is 0 Å². The second-order valence-electron chi connectivity index (χ2n) is 3.40. The van der Waals surface area contributed by atoms with Crippen LogP contribution in [0.4, 0.5) is 0 Å². The van der Waals surface area contributed by atoms with Crippen molar-refractivity contribution < 1.29 is 0 Å². The molecule has 0 spiro atoms. The van der Waals surface area contributed by atoms with Gasteiger partial charge in [0.05, 0.1) is 0 Å². The molecule has 0 aliphatic rings. The van der Waals surface area contributed by atoms with Gasteiger partial charge in [-0.05, 0) is 18.1 Å². The monoisotopic (exact) mass is 205 g/mol. The quantitative estimate of drug-likeness (QED) is 0.735. The first-order chi connectivity index (χ1) is 7.24. The van der Waals surface area contributed by atoms with Crippen molar-refractivity contribution in [2.24, 2.45) is 0 Å². The predicted octanol–water partition coefficient (Wildman–Crippen LogP) is 4.67. The third-order valence-electron chi connectivity index (χ3n) is 2.33. The molecular formula is C14H23N. The molecule has 15 heavy (non-hydrogen) atoms. The Morgan fingerprint density at radius 1 is 1.13 bits per heavy atom. The molecule has 0 aliphatic carbocycles. The minimum absolute atomic E-state index is 1.03. The van der Waals surface area contributed by atoms with Crippen LogP contribution in [0.25, 0.3) is 12.2 Å². The number of unbranched alkanes of at least 4 members (excludes halogenated alkanes) is 1. The number of aryl methyl sites for hydroxylation is 1. The Morgan fingerprint density at radius 2 is 1.73 bits per heavy atom. The standard InChI is InChI=1S/C10H13N.C4H10/c1-4-8-7-11-10(6-3)9(8)5-2;1-3-4-2/h5-7,11H,2-4H2,1H3;3-4H2,1-2H3. The molecule has 1 rings (SSSR count). The molecule has 1 aromatic heterocycles. The van der Waals surface area contributed by atoms with Crippen LogP contribution in [0, 0.1) is 0 Å². The largest absolute Gasteiger partial charge is 0.361 e. The molecule has 1 heteroatoms. The summed E-state index contributed by atoms with van der Waals surface area (Å²) in [7, 11) is 0. The molecule has 0 radical (unpaired) electrons. The number of nitrogens with one attached hydrogen (secondary N) is 1. The van der Waals surface area contributed by atoms with Crippen molar-refractivity contribution in [3.63, 3.8) is 0 Å². The van der Waals surface area contributed by atoms with Gasteiger partial charge in [-0.3, -0.25) is 0 Å². The minimum Gasteiger partial charge on any atom is -0.361 e. The highest BCUT2D eigenvalue weighted by atomic mass is 14.7. The smallest absolute Gasteiger partial charge is 0.0450 e. The van der Waals surface area contributed by atoms with Gasteiger partial charge >= 0.3 is 0 Å². The van der Waals surface area contributed by atoms with Gasteiger partial charge in [-0.1, -0.05) is 52.8 Å². The summed E-state index contributed by atoms with van der Waals surface area (Å²) in [4.78, 5) is 3.14. The summed E-state index contributed by atoms with van der Waals surface area (Å²) in [5, 5.41) is 0. The van der Waals surface area contributed by atoms with Gasteiger partial charge in [-0.25, -0.2) is 0 Å². The summed E-state index contributed by atoms with van der Waals surface area (Å²) >= 11 is 0. The first-order valence-electron chi connectivity index (χ1n) is 5.70. The van der Waals surface area contributed by atoms with Gasteiger partial charge in [0.15, 0.2) is 0 Å². The number of hydrogen-bond acceptors (Lipinski definition) is 0. The SMILES string of the molecule is C=Cc1[nH]cc(CC)c1C=C.CCCC. The molecule has 0 bridgehead atoms. The first kappa shape index (κ1) is 13.8. The molecule has 84 valence electrons. The molecule has 1 N–H and O–H groups in total. The summed E-state index contributed by atoms with van der Waals surface area (Å²) in [6.45, 7) is 13.9. The minimum atomic E-state index is 1.03. The maximum Gasteiger partial charge on any atom is 0.0450 e. The fraction of sp³-hybridized carbons (Fsp3) is 0.429. The summed E-state index contributed by atoms with van der Waals surface area (Å²) < 4.78 is 0. The Morgan fingerprint density at radius 3 is 2.07 bits per heavy atom. The van der Waals surface area contributed by atoms with Crippen molar-refractivity contribution in [1.29, 1.82) is 0 Å². The van der Waals surface area contributed by atoms with Crippen LogP contribution in [0.5, 0.6) is 0 Å². The Balaban J connectivity index is 0.000000423. The van der Waals surface area contributed by atoms with E-state index in [9.17, 15) is 0 Å². The number of H-pyrrole nitrogens is 1. The summed E-state index contributed by atoms with van der Waals surface area (Å²) in [5.74, 6) is 0. The molecule has 0 saturated heterocycles. The van der Waals surface area contributed by atoms with Gasteiger partial charge in [-0.15, -0.1) is 0 Å². The lowest BCUT2D eigenvalue weighted by molar-refractivity contribution is 0.886. The Bertz CT molecular complexity index is 292. The number of rotatable bonds is 4. The summed E-state index contributed by atoms with van der Waals surface area (Å²) in [6.07, 6.45) is 9.36. The van der Waals surface area contributed by atoms with E-state index in [4.69, 9.17) is 0 Å². The van der Waals surface area contributed by atoms with Crippen LogP contribution in [0.15, 0.2) is 19.4 Å². The van der Waals surface area contributed by atoms with Gasteiger partial charge in [0.2, 0.25) is 0 Å². The molecule has 0 unspecified atom stereocenters. The highest BCUT2D eigenvalue weighted by molar-refractivity contribution is 5.64. The topological polar surface area (TPSA) is 15.8 Å². The molecular weight excluding hydrogens is 182 g/mol. The molecule has 0 aliphatic heterocycles. The lowest BCUT2D eigenvalue weighted by Crippen LogP contribution is -1.79. The highest BCUT2D eigenvalue weighted by Crippen LogP contribution is 2.16. The van der Waals surface area contributed by atoms with E-state index < -0.39 is 0 Å². The Kier molecular flexibility index (Phi) is 7.43. The van der Waals surface area contributed by atoms with Crippen molar-refractivity contribution in [2.75, 3.05) is 0 Å². The van der Waals surface area contributed by atoms with E-state index in [0.717, 1.165) is 12.1 Å². The van der Waals surface area contributed by atoms with Crippen LogP contribution in [0.3, 0.4) is 0 Å². The molecule has 0 saturated carbocycles. The van der Waals surface area contributed by atoms with E-state index in [1.54, 1.807) is 0 Å².